The number of anilines is 1. The molecule has 1 aromatic rings. The van der Waals surface area contributed by atoms with Gasteiger partial charge in [-0.1, -0.05) is 18.2 Å². The lowest BCUT2D eigenvalue weighted by atomic mass is 10.0. The molecule has 0 saturated carbocycles. The Kier molecular flexibility index (Phi) is 5.15. The lowest BCUT2D eigenvalue weighted by molar-refractivity contribution is 0.0152. The van der Waals surface area contributed by atoms with Gasteiger partial charge in [-0.05, 0) is 25.5 Å². The fourth-order valence-electron chi connectivity index (χ4n) is 3.59. The van der Waals surface area contributed by atoms with Crippen LogP contribution in [-0.2, 0) is 10.0 Å². The van der Waals surface area contributed by atoms with Crippen LogP contribution >= 0.6 is 0 Å². The van der Waals surface area contributed by atoms with E-state index < -0.39 is 15.6 Å². The Labute approximate surface area is 144 Å². The van der Waals surface area contributed by atoms with E-state index in [4.69, 9.17) is 0 Å². The molecule has 0 radical (unpaired) electrons. The summed E-state index contributed by atoms with van der Waals surface area (Å²) in [4.78, 5) is 4.60. The Hall–Kier alpha value is -1.15. The summed E-state index contributed by atoms with van der Waals surface area (Å²) < 4.78 is 25.4. The number of benzene rings is 1. The zero-order valence-electron chi connectivity index (χ0n) is 14.3. The molecule has 24 heavy (non-hydrogen) atoms. The van der Waals surface area contributed by atoms with Gasteiger partial charge in [-0.3, -0.25) is 4.90 Å². The van der Waals surface area contributed by atoms with Gasteiger partial charge in [-0.25, -0.2) is 8.42 Å². The monoisotopic (exact) mass is 353 g/mol. The normalized spacial score (nSPS) is 26.8. The number of hydrogen-bond donors (Lipinski definition) is 1. The first-order chi connectivity index (χ1) is 11.4. The molecule has 6 nitrogen and oxygen atoms in total. The van der Waals surface area contributed by atoms with Gasteiger partial charge in [-0.15, -0.1) is 0 Å². The van der Waals surface area contributed by atoms with Crippen molar-refractivity contribution in [1.82, 2.24) is 9.21 Å². The summed E-state index contributed by atoms with van der Waals surface area (Å²) in [5.74, 6) is 0.0961. The molecule has 0 spiro atoms. The van der Waals surface area contributed by atoms with Gasteiger partial charge in [0.1, 0.15) is 0 Å². The van der Waals surface area contributed by atoms with E-state index in [-0.39, 0.29) is 12.3 Å². The van der Waals surface area contributed by atoms with Crippen molar-refractivity contribution < 1.29 is 13.5 Å². The maximum absolute atomic E-state index is 12.0. The second-order valence-electron chi connectivity index (χ2n) is 6.81. The third kappa shape index (κ3) is 3.91. The van der Waals surface area contributed by atoms with Gasteiger partial charge in [0.25, 0.3) is 0 Å². The zero-order valence-corrected chi connectivity index (χ0v) is 15.1. The van der Waals surface area contributed by atoms with Crippen LogP contribution in [0.25, 0.3) is 0 Å². The Morgan fingerprint density at radius 1 is 1.08 bits per heavy atom. The summed E-state index contributed by atoms with van der Waals surface area (Å²) in [6, 6.07) is 10.4. The van der Waals surface area contributed by atoms with Gasteiger partial charge in [0, 0.05) is 51.5 Å². The minimum absolute atomic E-state index is 0.0961. The SMILES string of the molecule is CCS(=O)(=O)N1CC[C@@](O)(CN2CCN(c3ccccc3)CC2)C1. The number of piperazine rings is 1. The molecule has 1 aromatic carbocycles. The number of β-amino-alcohol motifs (C(OH)–C–C–N with tert-alkyl or cyclic N) is 1. The van der Waals surface area contributed by atoms with E-state index >= 15 is 0 Å². The molecule has 0 amide bonds. The second kappa shape index (κ2) is 7.00. The average Bonchev–Trinajstić information content (AvgIpc) is 2.99. The fourth-order valence-corrected chi connectivity index (χ4v) is 4.76. The summed E-state index contributed by atoms with van der Waals surface area (Å²) in [5, 5.41) is 10.8. The molecule has 0 aliphatic carbocycles. The summed E-state index contributed by atoms with van der Waals surface area (Å²) >= 11 is 0. The first-order valence-corrected chi connectivity index (χ1v) is 10.3. The number of hydrogen-bond acceptors (Lipinski definition) is 5. The van der Waals surface area contributed by atoms with Gasteiger partial charge in [0.05, 0.1) is 11.4 Å². The largest absolute Gasteiger partial charge is 0.387 e. The minimum atomic E-state index is -3.21. The third-order valence-electron chi connectivity index (χ3n) is 5.07. The molecule has 0 aromatic heterocycles. The lowest BCUT2D eigenvalue weighted by Crippen LogP contribution is -2.53. The molecule has 134 valence electrons. The highest BCUT2D eigenvalue weighted by Crippen LogP contribution is 2.26. The maximum Gasteiger partial charge on any atom is 0.213 e. The molecular formula is C17H27N3O3S. The minimum Gasteiger partial charge on any atom is -0.387 e. The van der Waals surface area contributed by atoms with Crippen molar-refractivity contribution in [2.45, 2.75) is 18.9 Å². The fraction of sp³-hybridized carbons (Fsp3) is 0.647. The van der Waals surface area contributed by atoms with E-state index in [0.29, 0.717) is 19.5 Å². The lowest BCUT2D eigenvalue weighted by Gasteiger charge is -2.39. The van der Waals surface area contributed by atoms with Crippen molar-refractivity contribution in [2.75, 3.05) is 56.5 Å². The Balaban J connectivity index is 1.53. The highest BCUT2D eigenvalue weighted by Gasteiger charge is 2.41. The molecule has 3 rings (SSSR count). The molecule has 2 saturated heterocycles. The zero-order chi connectivity index (χ0) is 17.2. The molecule has 2 aliphatic rings. The predicted octanol–water partition coefficient (Wildman–Crippen LogP) is 0.595. The van der Waals surface area contributed by atoms with Crippen molar-refractivity contribution >= 4 is 15.7 Å². The van der Waals surface area contributed by atoms with Crippen LogP contribution in [0.5, 0.6) is 0 Å². The molecule has 0 bridgehead atoms. The molecule has 1 N–H and O–H groups in total. The number of para-hydroxylation sites is 1. The Bertz CT molecular complexity index is 644. The van der Waals surface area contributed by atoms with Crippen molar-refractivity contribution in [3.05, 3.63) is 30.3 Å². The topological polar surface area (TPSA) is 64.1 Å². The van der Waals surface area contributed by atoms with Crippen molar-refractivity contribution in [1.29, 1.82) is 0 Å². The first-order valence-electron chi connectivity index (χ1n) is 8.64. The van der Waals surface area contributed by atoms with Crippen LogP contribution < -0.4 is 4.90 Å². The summed E-state index contributed by atoms with van der Waals surface area (Å²) in [5.41, 5.74) is 0.314. The molecular weight excluding hydrogens is 326 g/mol. The van der Waals surface area contributed by atoms with Crippen molar-refractivity contribution in [3.63, 3.8) is 0 Å². The van der Waals surface area contributed by atoms with Crippen LogP contribution in [0.1, 0.15) is 13.3 Å². The molecule has 2 fully saturated rings. The van der Waals surface area contributed by atoms with E-state index in [1.165, 1.54) is 9.99 Å². The Morgan fingerprint density at radius 3 is 2.38 bits per heavy atom. The van der Waals surface area contributed by atoms with Crippen LogP contribution in [-0.4, -0.2) is 79.9 Å². The van der Waals surface area contributed by atoms with Crippen LogP contribution in [0.3, 0.4) is 0 Å². The van der Waals surface area contributed by atoms with Crippen LogP contribution in [0.2, 0.25) is 0 Å². The Morgan fingerprint density at radius 2 is 1.75 bits per heavy atom. The highest BCUT2D eigenvalue weighted by molar-refractivity contribution is 7.89. The average molecular weight is 353 g/mol. The standard InChI is InChI=1S/C17H27N3O3S/c1-2-24(22,23)20-9-8-17(21,15-20)14-18-10-12-19(13-11-18)16-6-4-3-5-7-16/h3-7,21H,2,8-15H2,1H3/t17-/m1/s1. The number of rotatable bonds is 5. The van der Waals surface area contributed by atoms with Gasteiger partial charge in [0.2, 0.25) is 10.0 Å². The van der Waals surface area contributed by atoms with Crippen LogP contribution in [0.15, 0.2) is 30.3 Å². The van der Waals surface area contributed by atoms with E-state index in [2.05, 4.69) is 21.9 Å². The van der Waals surface area contributed by atoms with E-state index in [9.17, 15) is 13.5 Å². The van der Waals surface area contributed by atoms with Crippen LogP contribution in [0.4, 0.5) is 5.69 Å². The number of aliphatic hydroxyl groups is 1. The van der Waals surface area contributed by atoms with Crippen LogP contribution in [0, 0.1) is 0 Å². The molecule has 7 heteroatoms. The summed E-state index contributed by atoms with van der Waals surface area (Å²) in [7, 11) is -3.21. The molecule has 2 heterocycles. The highest BCUT2D eigenvalue weighted by atomic mass is 32.2. The van der Waals surface area contributed by atoms with Gasteiger partial charge in [-0.2, -0.15) is 4.31 Å². The second-order valence-corrected chi connectivity index (χ2v) is 9.06. The summed E-state index contributed by atoms with van der Waals surface area (Å²) in [6.07, 6.45) is 0.519. The smallest absolute Gasteiger partial charge is 0.213 e. The van der Waals surface area contributed by atoms with Crippen molar-refractivity contribution in [3.8, 4) is 0 Å². The maximum atomic E-state index is 12.0. The number of sulfonamides is 1. The quantitative estimate of drug-likeness (QED) is 0.840. The number of nitrogens with zero attached hydrogens (tertiary/aromatic N) is 3. The van der Waals surface area contributed by atoms with Crippen molar-refractivity contribution in [2.24, 2.45) is 0 Å². The van der Waals surface area contributed by atoms with E-state index in [0.717, 1.165) is 26.2 Å². The molecule has 1 atom stereocenters. The van der Waals surface area contributed by atoms with Gasteiger partial charge in [0.15, 0.2) is 0 Å². The molecule has 0 unspecified atom stereocenters. The van der Waals surface area contributed by atoms with Gasteiger partial charge < -0.3 is 10.0 Å². The predicted molar refractivity (Wildman–Crippen MR) is 95.7 cm³/mol. The van der Waals surface area contributed by atoms with E-state index in [1.54, 1.807) is 6.92 Å². The third-order valence-corrected chi connectivity index (χ3v) is 6.90. The van der Waals surface area contributed by atoms with Gasteiger partial charge >= 0.3 is 0 Å². The molecule has 2 aliphatic heterocycles. The summed E-state index contributed by atoms with van der Waals surface area (Å²) in [6.45, 7) is 6.48. The van der Waals surface area contributed by atoms with E-state index in [1.807, 2.05) is 18.2 Å². The first kappa shape index (κ1) is 17.7.